The van der Waals surface area contributed by atoms with Gasteiger partial charge in [-0.15, -0.1) is 0 Å². The summed E-state index contributed by atoms with van der Waals surface area (Å²) in [4.78, 5) is 17.0. The molecule has 4 rings (SSSR count). The van der Waals surface area contributed by atoms with Crippen molar-refractivity contribution in [2.24, 2.45) is 0 Å². The Labute approximate surface area is 125 Å². The second-order valence-electron chi connectivity index (χ2n) is 5.00. The van der Waals surface area contributed by atoms with Gasteiger partial charge in [-0.2, -0.15) is 0 Å². The molecule has 0 bridgehead atoms. The summed E-state index contributed by atoms with van der Waals surface area (Å²) in [6.07, 6.45) is 0.659. The lowest BCUT2D eigenvalue weighted by Gasteiger charge is -2.05. The van der Waals surface area contributed by atoms with E-state index in [-0.39, 0.29) is 12.5 Å². The van der Waals surface area contributed by atoms with E-state index in [1.807, 2.05) is 0 Å². The first-order chi connectivity index (χ1) is 10.7. The third kappa shape index (κ3) is 1.72. The van der Waals surface area contributed by atoms with E-state index in [0.717, 1.165) is 0 Å². The van der Waals surface area contributed by atoms with Crippen LogP contribution in [-0.4, -0.2) is 26.0 Å². The van der Waals surface area contributed by atoms with Crippen molar-refractivity contribution >= 4 is 11.2 Å². The zero-order valence-corrected chi connectivity index (χ0v) is 11.8. The number of hydrogen-bond donors (Lipinski definition) is 1. The Morgan fingerprint density at radius 2 is 2.09 bits per heavy atom. The summed E-state index contributed by atoms with van der Waals surface area (Å²) in [5.41, 5.74) is 1.30. The molecule has 2 aromatic heterocycles. The van der Waals surface area contributed by atoms with Gasteiger partial charge in [0.2, 0.25) is 6.79 Å². The van der Waals surface area contributed by atoms with E-state index in [4.69, 9.17) is 9.47 Å². The molecule has 1 aliphatic rings. The number of aliphatic hydroxyl groups is 1. The molecule has 3 heterocycles. The van der Waals surface area contributed by atoms with Crippen LogP contribution in [0.4, 0.5) is 0 Å². The van der Waals surface area contributed by atoms with Crippen molar-refractivity contribution in [1.29, 1.82) is 0 Å². The standard InChI is InChI=1S/C15H13N3O4/c1-9(19)17-11-3-2-6-16-14(11)18(15(17)20)10-4-5-12-13(7-10)22-8-21-12/h2-7,9,19H,8H2,1H3. The zero-order valence-electron chi connectivity index (χ0n) is 11.8. The Hall–Kier alpha value is -2.80. The van der Waals surface area contributed by atoms with Crippen molar-refractivity contribution in [2.75, 3.05) is 6.79 Å². The van der Waals surface area contributed by atoms with Gasteiger partial charge >= 0.3 is 5.69 Å². The molecule has 1 atom stereocenters. The predicted octanol–water partition coefficient (Wildman–Crippen LogP) is 1.43. The SMILES string of the molecule is CC(O)n1c(=O)n(-c2ccc3c(c2)OCO3)c2ncccc21. The van der Waals surface area contributed by atoms with Crippen molar-refractivity contribution in [3.63, 3.8) is 0 Å². The van der Waals surface area contributed by atoms with Gasteiger partial charge in [-0.1, -0.05) is 0 Å². The van der Waals surface area contributed by atoms with E-state index < -0.39 is 6.23 Å². The van der Waals surface area contributed by atoms with E-state index in [0.29, 0.717) is 28.4 Å². The summed E-state index contributed by atoms with van der Waals surface area (Å²) in [6.45, 7) is 1.71. The maximum Gasteiger partial charge on any atom is 0.337 e. The first kappa shape index (κ1) is 12.9. The van der Waals surface area contributed by atoms with E-state index in [1.54, 1.807) is 36.5 Å². The second kappa shape index (κ2) is 4.60. The molecule has 0 aliphatic carbocycles. The number of hydrogen-bond acceptors (Lipinski definition) is 5. The summed E-state index contributed by atoms with van der Waals surface area (Å²) in [5, 5.41) is 9.89. The molecule has 1 aliphatic heterocycles. The maximum atomic E-state index is 12.7. The fourth-order valence-corrected chi connectivity index (χ4v) is 2.67. The van der Waals surface area contributed by atoms with Crippen LogP contribution < -0.4 is 15.2 Å². The van der Waals surface area contributed by atoms with Crippen molar-refractivity contribution < 1.29 is 14.6 Å². The molecule has 1 aromatic carbocycles. The highest BCUT2D eigenvalue weighted by molar-refractivity contribution is 5.74. The largest absolute Gasteiger partial charge is 0.454 e. The minimum absolute atomic E-state index is 0.168. The van der Waals surface area contributed by atoms with Gasteiger partial charge in [0.15, 0.2) is 17.1 Å². The van der Waals surface area contributed by atoms with Crippen molar-refractivity contribution in [3.05, 3.63) is 47.0 Å². The number of aliphatic hydroxyl groups excluding tert-OH is 1. The molecule has 1 N–H and O–H groups in total. The number of nitrogens with zero attached hydrogens (tertiary/aromatic N) is 3. The lowest BCUT2D eigenvalue weighted by atomic mass is 10.2. The third-order valence-electron chi connectivity index (χ3n) is 3.62. The Balaban J connectivity index is 2.03. The van der Waals surface area contributed by atoms with Crippen molar-refractivity contribution in [1.82, 2.24) is 14.1 Å². The van der Waals surface area contributed by atoms with E-state index in [1.165, 1.54) is 16.1 Å². The van der Waals surface area contributed by atoms with Gasteiger partial charge in [-0.3, -0.25) is 4.57 Å². The molecule has 0 saturated heterocycles. The molecule has 7 nitrogen and oxygen atoms in total. The Kier molecular flexibility index (Phi) is 2.70. The normalized spacial score (nSPS) is 14.5. The molecule has 0 saturated carbocycles. The monoisotopic (exact) mass is 299 g/mol. The number of ether oxygens (including phenoxy) is 2. The van der Waals surface area contributed by atoms with Crippen LogP contribution in [0, 0.1) is 0 Å². The average Bonchev–Trinajstić information content (AvgIpc) is 3.07. The summed E-state index contributed by atoms with van der Waals surface area (Å²) in [6, 6.07) is 8.71. The van der Waals surface area contributed by atoms with Crippen LogP contribution in [0.2, 0.25) is 0 Å². The van der Waals surface area contributed by atoms with Crippen LogP contribution >= 0.6 is 0 Å². The Morgan fingerprint density at radius 3 is 2.91 bits per heavy atom. The number of aromatic nitrogens is 3. The Morgan fingerprint density at radius 1 is 1.27 bits per heavy atom. The van der Waals surface area contributed by atoms with E-state index in [9.17, 15) is 9.90 Å². The molecular formula is C15H13N3O4. The summed E-state index contributed by atoms with van der Waals surface area (Å²) < 4.78 is 13.4. The minimum Gasteiger partial charge on any atom is -0.454 e. The number of benzene rings is 1. The van der Waals surface area contributed by atoms with Crippen LogP contribution in [-0.2, 0) is 0 Å². The highest BCUT2D eigenvalue weighted by Crippen LogP contribution is 2.34. The van der Waals surface area contributed by atoms with E-state index >= 15 is 0 Å². The molecule has 0 radical (unpaired) electrons. The predicted molar refractivity (Wildman–Crippen MR) is 78.4 cm³/mol. The van der Waals surface area contributed by atoms with Gasteiger partial charge in [-0.25, -0.2) is 14.3 Å². The number of imidazole rings is 1. The lowest BCUT2D eigenvalue weighted by Crippen LogP contribution is -2.25. The molecule has 1 unspecified atom stereocenters. The minimum atomic E-state index is -0.950. The van der Waals surface area contributed by atoms with Gasteiger partial charge < -0.3 is 14.6 Å². The van der Waals surface area contributed by atoms with Crippen LogP contribution in [0.1, 0.15) is 13.2 Å². The molecular weight excluding hydrogens is 286 g/mol. The molecule has 0 fully saturated rings. The highest BCUT2D eigenvalue weighted by atomic mass is 16.7. The molecule has 112 valence electrons. The van der Waals surface area contributed by atoms with Crippen LogP contribution in [0.5, 0.6) is 11.5 Å². The first-order valence-electron chi connectivity index (χ1n) is 6.83. The smallest absolute Gasteiger partial charge is 0.337 e. The second-order valence-corrected chi connectivity index (χ2v) is 5.00. The summed E-state index contributed by atoms with van der Waals surface area (Å²) >= 11 is 0. The first-order valence-corrected chi connectivity index (χ1v) is 6.83. The quantitative estimate of drug-likeness (QED) is 0.774. The fraction of sp³-hybridized carbons (Fsp3) is 0.200. The van der Waals surface area contributed by atoms with Crippen LogP contribution in [0.15, 0.2) is 41.3 Å². The van der Waals surface area contributed by atoms with Crippen molar-refractivity contribution in [2.45, 2.75) is 13.2 Å². The van der Waals surface area contributed by atoms with Gasteiger partial charge in [-0.05, 0) is 31.2 Å². The number of pyridine rings is 1. The van der Waals surface area contributed by atoms with Gasteiger partial charge in [0, 0.05) is 12.3 Å². The molecule has 7 heteroatoms. The van der Waals surface area contributed by atoms with Gasteiger partial charge in [0.25, 0.3) is 0 Å². The van der Waals surface area contributed by atoms with Gasteiger partial charge in [0.05, 0.1) is 11.2 Å². The molecule has 0 spiro atoms. The number of fused-ring (bicyclic) bond motifs is 2. The highest BCUT2D eigenvalue weighted by Gasteiger charge is 2.20. The van der Waals surface area contributed by atoms with Crippen LogP contribution in [0.3, 0.4) is 0 Å². The zero-order chi connectivity index (χ0) is 15.3. The Bertz CT molecular complexity index is 926. The summed E-state index contributed by atoms with van der Waals surface area (Å²) in [7, 11) is 0. The third-order valence-corrected chi connectivity index (χ3v) is 3.62. The molecule has 0 amide bonds. The summed E-state index contributed by atoms with van der Waals surface area (Å²) in [5.74, 6) is 1.22. The molecule has 22 heavy (non-hydrogen) atoms. The topological polar surface area (TPSA) is 78.5 Å². The van der Waals surface area contributed by atoms with Gasteiger partial charge in [0.1, 0.15) is 6.23 Å². The fourth-order valence-electron chi connectivity index (χ4n) is 2.67. The van der Waals surface area contributed by atoms with Crippen LogP contribution in [0.25, 0.3) is 16.9 Å². The number of rotatable bonds is 2. The average molecular weight is 299 g/mol. The lowest BCUT2D eigenvalue weighted by molar-refractivity contribution is 0.125. The van der Waals surface area contributed by atoms with E-state index in [2.05, 4.69) is 4.98 Å². The molecule has 3 aromatic rings. The van der Waals surface area contributed by atoms with Crippen molar-refractivity contribution in [3.8, 4) is 17.2 Å². The maximum absolute atomic E-state index is 12.7.